The Labute approximate surface area is 184 Å². The minimum atomic E-state index is -0.243. The van der Waals surface area contributed by atoms with Crippen molar-refractivity contribution in [3.63, 3.8) is 0 Å². The Morgan fingerprint density at radius 2 is 1.91 bits per heavy atom. The fraction of sp³-hybridized carbons (Fsp3) is 0.200. The smallest absolute Gasteiger partial charge is 0.125 e. The van der Waals surface area contributed by atoms with Crippen molar-refractivity contribution in [2.45, 2.75) is 25.4 Å². The molecule has 0 bridgehead atoms. The number of rotatable bonds is 3. The second-order valence-corrected chi connectivity index (χ2v) is 8.56. The van der Waals surface area contributed by atoms with Gasteiger partial charge in [0.15, 0.2) is 0 Å². The first-order valence-electron chi connectivity index (χ1n) is 10.7. The monoisotopic (exact) mass is 426 g/mol. The molecule has 160 valence electrons. The molecule has 7 heteroatoms. The second kappa shape index (κ2) is 7.17. The maximum absolute atomic E-state index is 13.9. The molecule has 0 saturated carbocycles. The van der Waals surface area contributed by atoms with Crippen molar-refractivity contribution in [1.29, 1.82) is 0 Å². The summed E-state index contributed by atoms with van der Waals surface area (Å²) in [5.74, 6) is 0.642. The van der Waals surface area contributed by atoms with Crippen molar-refractivity contribution >= 4 is 10.9 Å². The molecule has 0 saturated heterocycles. The number of aryl methyl sites for hydroxylation is 2. The Morgan fingerprint density at radius 1 is 1.06 bits per heavy atom. The molecule has 5 aromatic rings. The van der Waals surface area contributed by atoms with Crippen molar-refractivity contribution in [3.8, 4) is 11.3 Å². The number of nitrogens with one attached hydrogen (secondary N) is 3. The number of benzene rings is 2. The molecule has 0 radical (unpaired) electrons. The highest BCUT2D eigenvalue weighted by Gasteiger charge is 2.33. The zero-order valence-electron chi connectivity index (χ0n) is 17.9. The first kappa shape index (κ1) is 19.0. The lowest BCUT2D eigenvalue weighted by Crippen LogP contribution is -2.34. The van der Waals surface area contributed by atoms with E-state index in [1.807, 2.05) is 31.7 Å². The fourth-order valence-electron chi connectivity index (χ4n) is 4.68. The van der Waals surface area contributed by atoms with E-state index in [2.05, 4.69) is 51.6 Å². The van der Waals surface area contributed by atoms with Gasteiger partial charge in [-0.25, -0.2) is 9.37 Å². The normalized spacial score (nSPS) is 18.2. The van der Waals surface area contributed by atoms with Gasteiger partial charge in [-0.1, -0.05) is 29.8 Å². The molecule has 0 fully saturated rings. The number of aromatic amines is 2. The summed E-state index contributed by atoms with van der Waals surface area (Å²) < 4.78 is 15.7. The number of H-pyrrole nitrogens is 2. The second-order valence-electron chi connectivity index (χ2n) is 8.56. The van der Waals surface area contributed by atoms with E-state index in [1.54, 1.807) is 10.7 Å². The van der Waals surface area contributed by atoms with E-state index in [4.69, 9.17) is 4.98 Å². The van der Waals surface area contributed by atoms with E-state index in [9.17, 15) is 4.39 Å². The number of halogens is 1. The Morgan fingerprint density at radius 3 is 2.69 bits per heavy atom. The highest BCUT2D eigenvalue weighted by molar-refractivity contribution is 5.85. The van der Waals surface area contributed by atoms with Crippen LogP contribution in [0, 0.1) is 12.7 Å². The van der Waals surface area contributed by atoms with Crippen LogP contribution in [0.4, 0.5) is 4.39 Å². The highest BCUT2D eigenvalue weighted by Crippen LogP contribution is 2.39. The van der Waals surface area contributed by atoms with Gasteiger partial charge in [-0.05, 0) is 42.7 Å². The highest BCUT2D eigenvalue weighted by atomic mass is 19.1. The standard InChI is InChI=1S/C25H23FN6/c1-14-3-5-15(6-4-14)22-12-27-25(31-22)21-10-19-18-8-7-17(26)9-20(18)29-24(19)23(30-21)16-11-28-32(2)13-16/h3-9,11-13,21,23,29-30H,10H2,1-2H3,(H,27,31). The minimum Gasteiger partial charge on any atom is -0.356 e. The fourth-order valence-corrected chi connectivity index (χ4v) is 4.68. The van der Waals surface area contributed by atoms with Gasteiger partial charge in [0, 0.05) is 35.4 Å². The van der Waals surface area contributed by atoms with E-state index in [0.29, 0.717) is 0 Å². The van der Waals surface area contributed by atoms with Crippen LogP contribution < -0.4 is 5.32 Å². The van der Waals surface area contributed by atoms with E-state index in [-0.39, 0.29) is 17.9 Å². The summed E-state index contributed by atoms with van der Waals surface area (Å²) in [6.07, 6.45) is 6.52. The lowest BCUT2D eigenvalue weighted by Gasteiger charge is -2.30. The van der Waals surface area contributed by atoms with Gasteiger partial charge >= 0.3 is 0 Å². The van der Waals surface area contributed by atoms with E-state index in [1.165, 1.54) is 17.2 Å². The number of hydrogen-bond donors (Lipinski definition) is 3. The van der Waals surface area contributed by atoms with Crippen LogP contribution in [-0.4, -0.2) is 24.7 Å². The third kappa shape index (κ3) is 3.13. The van der Waals surface area contributed by atoms with Gasteiger partial charge in [0.25, 0.3) is 0 Å². The molecule has 1 aliphatic rings. The molecule has 3 aromatic heterocycles. The molecule has 1 aliphatic heterocycles. The molecule has 4 heterocycles. The van der Waals surface area contributed by atoms with Crippen LogP contribution >= 0.6 is 0 Å². The summed E-state index contributed by atoms with van der Waals surface area (Å²) in [5.41, 5.74) is 7.43. The van der Waals surface area contributed by atoms with Gasteiger partial charge < -0.3 is 9.97 Å². The van der Waals surface area contributed by atoms with Crippen LogP contribution in [0.15, 0.2) is 61.1 Å². The predicted molar refractivity (Wildman–Crippen MR) is 122 cm³/mol. The topological polar surface area (TPSA) is 74.3 Å². The number of nitrogens with zero attached hydrogens (tertiary/aromatic N) is 3. The molecule has 6 nitrogen and oxygen atoms in total. The van der Waals surface area contributed by atoms with Crippen LogP contribution in [0.5, 0.6) is 0 Å². The first-order valence-corrected chi connectivity index (χ1v) is 10.7. The Kier molecular flexibility index (Phi) is 4.26. The van der Waals surface area contributed by atoms with E-state index < -0.39 is 0 Å². The molecule has 0 spiro atoms. The van der Waals surface area contributed by atoms with Crippen LogP contribution in [0.2, 0.25) is 0 Å². The summed E-state index contributed by atoms with van der Waals surface area (Å²) in [5, 5.41) is 9.14. The Hall–Kier alpha value is -3.71. The third-order valence-electron chi connectivity index (χ3n) is 6.31. The predicted octanol–water partition coefficient (Wildman–Crippen LogP) is 4.72. The Bertz CT molecular complexity index is 1420. The summed E-state index contributed by atoms with van der Waals surface area (Å²) in [4.78, 5) is 11.7. The molecule has 0 amide bonds. The average molecular weight is 426 g/mol. The average Bonchev–Trinajstić information content (AvgIpc) is 3.51. The van der Waals surface area contributed by atoms with Gasteiger partial charge in [0.05, 0.1) is 30.2 Å². The van der Waals surface area contributed by atoms with Crippen LogP contribution in [0.3, 0.4) is 0 Å². The van der Waals surface area contributed by atoms with Crippen LogP contribution in [-0.2, 0) is 13.5 Å². The van der Waals surface area contributed by atoms with Crippen LogP contribution in [0.25, 0.3) is 22.2 Å². The number of imidazole rings is 1. The largest absolute Gasteiger partial charge is 0.356 e. The lowest BCUT2D eigenvalue weighted by molar-refractivity contribution is 0.433. The lowest BCUT2D eigenvalue weighted by atomic mass is 9.91. The molecule has 0 aliphatic carbocycles. The van der Waals surface area contributed by atoms with Gasteiger partial charge in [-0.3, -0.25) is 10.00 Å². The molecule has 2 unspecified atom stereocenters. The summed E-state index contributed by atoms with van der Waals surface area (Å²) in [7, 11) is 1.91. The number of fused-ring (bicyclic) bond motifs is 3. The van der Waals surface area contributed by atoms with Gasteiger partial charge in [0.2, 0.25) is 0 Å². The first-order chi connectivity index (χ1) is 15.5. The zero-order chi connectivity index (χ0) is 21.8. The van der Waals surface area contributed by atoms with Crippen molar-refractivity contribution in [2.75, 3.05) is 0 Å². The Balaban J connectivity index is 1.43. The molecule has 6 rings (SSSR count). The minimum absolute atomic E-state index is 0.0176. The zero-order valence-corrected chi connectivity index (χ0v) is 17.9. The van der Waals surface area contributed by atoms with Crippen molar-refractivity contribution in [1.82, 2.24) is 30.0 Å². The van der Waals surface area contributed by atoms with E-state index in [0.717, 1.165) is 45.7 Å². The summed E-state index contributed by atoms with van der Waals surface area (Å²) in [6.45, 7) is 2.08. The summed E-state index contributed by atoms with van der Waals surface area (Å²) >= 11 is 0. The molecule has 2 atom stereocenters. The molecular weight excluding hydrogens is 403 g/mol. The maximum atomic E-state index is 13.9. The van der Waals surface area contributed by atoms with Gasteiger partial charge in [-0.15, -0.1) is 0 Å². The van der Waals surface area contributed by atoms with Crippen molar-refractivity contribution in [2.24, 2.45) is 7.05 Å². The maximum Gasteiger partial charge on any atom is 0.125 e. The van der Waals surface area contributed by atoms with E-state index >= 15 is 0 Å². The molecule has 3 N–H and O–H groups in total. The number of hydrogen-bond acceptors (Lipinski definition) is 3. The third-order valence-corrected chi connectivity index (χ3v) is 6.31. The molecular formula is C25H23FN6. The quantitative estimate of drug-likeness (QED) is 0.391. The number of aromatic nitrogens is 5. The molecule has 2 aromatic carbocycles. The van der Waals surface area contributed by atoms with Gasteiger partial charge in [0.1, 0.15) is 11.6 Å². The SMILES string of the molecule is Cc1ccc(-c2cnc(C3Cc4c([nH]c5cc(F)ccc45)C(c4cnn(C)c4)N3)[nH]2)cc1. The van der Waals surface area contributed by atoms with Gasteiger partial charge in [-0.2, -0.15) is 5.10 Å². The summed E-state index contributed by atoms with van der Waals surface area (Å²) in [6, 6.07) is 13.2. The van der Waals surface area contributed by atoms with Crippen molar-refractivity contribution in [3.05, 3.63) is 95.1 Å². The van der Waals surface area contributed by atoms with Crippen molar-refractivity contribution < 1.29 is 4.39 Å². The van der Waals surface area contributed by atoms with Crippen LogP contribution in [0.1, 0.15) is 40.3 Å². The molecule has 32 heavy (non-hydrogen) atoms.